The van der Waals surface area contributed by atoms with Crippen LogP contribution in [0.3, 0.4) is 0 Å². The lowest BCUT2D eigenvalue weighted by Crippen LogP contribution is -2.27. The van der Waals surface area contributed by atoms with E-state index < -0.39 is 0 Å². The summed E-state index contributed by atoms with van der Waals surface area (Å²) >= 11 is 0. The molecule has 0 saturated carbocycles. The molecular formula is C8H17NO4. The van der Waals surface area contributed by atoms with Crippen LogP contribution in [0.15, 0.2) is 0 Å². The molecule has 0 aliphatic rings. The van der Waals surface area contributed by atoms with Crippen LogP contribution in [0.4, 0.5) is 0 Å². The summed E-state index contributed by atoms with van der Waals surface area (Å²) in [5.41, 5.74) is 0. The summed E-state index contributed by atoms with van der Waals surface area (Å²) in [5, 5.41) is 1.30. The van der Waals surface area contributed by atoms with Gasteiger partial charge < -0.3 is 4.74 Å². The lowest BCUT2D eigenvalue weighted by atomic mass is 10.4. The number of hydrogen-bond donors (Lipinski definition) is 0. The molecule has 0 aliphatic carbocycles. The Bertz CT molecular complexity index is 134. The van der Waals surface area contributed by atoms with Gasteiger partial charge in [-0.05, 0) is 13.8 Å². The second-order valence-electron chi connectivity index (χ2n) is 2.22. The van der Waals surface area contributed by atoms with Crippen LogP contribution in [0.5, 0.6) is 0 Å². The number of hydrogen-bond acceptors (Lipinski definition) is 5. The highest BCUT2D eigenvalue weighted by molar-refractivity contribution is 5.69. The number of hydroxylamine groups is 2. The second-order valence-corrected chi connectivity index (χ2v) is 2.22. The van der Waals surface area contributed by atoms with Gasteiger partial charge in [-0.25, -0.2) is 0 Å². The van der Waals surface area contributed by atoms with Gasteiger partial charge in [-0.2, -0.15) is 0 Å². The Balaban J connectivity index is 3.61. The fourth-order valence-electron chi connectivity index (χ4n) is 0.739. The SMILES string of the molecule is CCON(CCC(=O)OC)OCC. The molecule has 0 N–H and O–H groups in total. The van der Waals surface area contributed by atoms with Crippen LogP contribution in [0.2, 0.25) is 0 Å². The van der Waals surface area contributed by atoms with Gasteiger partial charge in [0.2, 0.25) is 0 Å². The fraction of sp³-hybridized carbons (Fsp3) is 0.875. The topological polar surface area (TPSA) is 48.0 Å². The van der Waals surface area contributed by atoms with Gasteiger partial charge in [0.1, 0.15) is 0 Å². The summed E-state index contributed by atoms with van der Waals surface area (Å²) in [6, 6.07) is 0. The average molecular weight is 191 g/mol. The number of esters is 1. The number of ether oxygens (including phenoxy) is 1. The molecule has 0 bridgehead atoms. The lowest BCUT2D eigenvalue weighted by molar-refractivity contribution is -0.364. The Labute approximate surface area is 78.5 Å². The quantitative estimate of drug-likeness (QED) is 0.439. The van der Waals surface area contributed by atoms with Crippen molar-refractivity contribution in [3.8, 4) is 0 Å². The summed E-state index contributed by atoms with van der Waals surface area (Å²) in [6.45, 7) is 5.12. The fourth-order valence-corrected chi connectivity index (χ4v) is 0.739. The van der Waals surface area contributed by atoms with Crippen molar-refractivity contribution in [2.45, 2.75) is 20.3 Å². The van der Waals surface area contributed by atoms with Gasteiger partial charge in [-0.15, -0.1) is 0 Å². The van der Waals surface area contributed by atoms with Gasteiger partial charge in [-0.3, -0.25) is 14.5 Å². The van der Waals surface area contributed by atoms with Gasteiger partial charge in [0.25, 0.3) is 0 Å². The molecule has 0 saturated heterocycles. The third-order valence-corrected chi connectivity index (χ3v) is 1.27. The third kappa shape index (κ3) is 6.51. The minimum atomic E-state index is -0.274. The van der Waals surface area contributed by atoms with E-state index in [9.17, 15) is 4.79 Å². The van der Waals surface area contributed by atoms with Crippen molar-refractivity contribution < 1.29 is 19.2 Å². The lowest BCUT2D eigenvalue weighted by Gasteiger charge is -2.18. The maximum absolute atomic E-state index is 10.8. The van der Waals surface area contributed by atoms with E-state index >= 15 is 0 Å². The molecule has 0 heterocycles. The number of carbonyl (C=O) groups is 1. The van der Waals surface area contributed by atoms with Crippen LogP contribution in [-0.2, 0) is 19.2 Å². The van der Waals surface area contributed by atoms with Crippen LogP contribution in [0.1, 0.15) is 20.3 Å². The van der Waals surface area contributed by atoms with E-state index in [2.05, 4.69) is 4.74 Å². The Hall–Kier alpha value is -0.650. The van der Waals surface area contributed by atoms with Gasteiger partial charge >= 0.3 is 5.97 Å². The molecule has 0 unspecified atom stereocenters. The molecule has 13 heavy (non-hydrogen) atoms. The molecule has 0 rings (SSSR count). The smallest absolute Gasteiger partial charge is 0.306 e. The average Bonchev–Trinajstić information content (AvgIpc) is 2.14. The largest absolute Gasteiger partial charge is 0.469 e. The van der Waals surface area contributed by atoms with E-state index in [1.807, 2.05) is 13.8 Å². The predicted molar refractivity (Wildman–Crippen MR) is 46.6 cm³/mol. The van der Waals surface area contributed by atoms with Crippen LogP contribution in [0, 0.1) is 0 Å². The first-order valence-electron chi connectivity index (χ1n) is 4.34. The maximum Gasteiger partial charge on any atom is 0.306 e. The number of methoxy groups -OCH3 is 1. The standard InChI is InChI=1S/C8H17NO4/c1-4-12-9(13-5-2)7-6-8(10)11-3/h4-7H2,1-3H3. The van der Waals surface area contributed by atoms with Crippen LogP contribution in [-0.4, -0.2) is 38.1 Å². The highest BCUT2D eigenvalue weighted by atomic mass is 16.9. The Morgan fingerprint density at radius 2 is 1.77 bits per heavy atom. The molecule has 0 atom stereocenters. The van der Waals surface area contributed by atoms with Crippen molar-refractivity contribution in [3.05, 3.63) is 0 Å². The maximum atomic E-state index is 10.8. The molecule has 0 radical (unpaired) electrons. The van der Waals surface area contributed by atoms with Crippen molar-refractivity contribution >= 4 is 5.97 Å². The first-order valence-corrected chi connectivity index (χ1v) is 4.34. The van der Waals surface area contributed by atoms with E-state index in [1.54, 1.807) is 0 Å². The first-order chi connectivity index (χ1) is 6.24. The van der Waals surface area contributed by atoms with Gasteiger partial charge in [0.05, 0.1) is 33.3 Å². The molecule has 5 heteroatoms. The monoisotopic (exact) mass is 191 g/mol. The van der Waals surface area contributed by atoms with Gasteiger partial charge in [0.15, 0.2) is 0 Å². The van der Waals surface area contributed by atoms with Crippen LogP contribution >= 0.6 is 0 Å². The summed E-state index contributed by atoms with van der Waals surface area (Å²) in [7, 11) is 1.36. The second kappa shape index (κ2) is 7.97. The van der Waals surface area contributed by atoms with Crippen molar-refractivity contribution in [2.75, 3.05) is 26.9 Å². The molecule has 0 aliphatic heterocycles. The summed E-state index contributed by atoms with van der Waals surface area (Å²) in [4.78, 5) is 20.9. The molecule has 0 spiro atoms. The zero-order chi connectivity index (χ0) is 10.1. The zero-order valence-electron chi connectivity index (χ0n) is 8.41. The predicted octanol–water partition coefficient (Wildman–Crippen LogP) is 0.754. The van der Waals surface area contributed by atoms with Gasteiger partial charge in [0, 0.05) is 0 Å². The van der Waals surface area contributed by atoms with E-state index in [4.69, 9.17) is 9.68 Å². The number of carbonyl (C=O) groups excluding carboxylic acids is 1. The van der Waals surface area contributed by atoms with E-state index in [-0.39, 0.29) is 12.4 Å². The number of rotatable bonds is 7. The first kappa shape index (κ1) is 12.3. The molecule has 5 nitrogen and oxygen atoms in total. The Morgan fingerprint density at radius 1 is 1.23 bits per heavy atom. The third-order valence-electron chi connectivity index (χ3n) is 1.27. The minimum Gasteiger partial charge on any atom is -0.469 e. The molecule has 0 amide bonds. The van der Waals surface area contributed by atoms with E-state index in [1.165, 1.54) is 12.3 Å². The normalized spacial score (nSPS) is 10.5. The minimum absolute atomic E-state index is 0.260. The van der Waals surface area contributed by atoms with Crippen LogP contribution < -0.4 is 0 Å². The van der Waals surface area contributed by atoms with E-state index in [0.29, 0.717) is 19.8 Å². The van der Waals surface area contributed by atoms with Crippen molar-refractivity contribution in [2.24, 2.45) is 0 Å². The van der Waals surface area contributed by atoms with Crippen molar-refractivity contribution in [3.63, 3.8) is 0 Å². The zero-order valence-corrected chi connectivity index (χ0v) is 8.41. The van der Waals surface area contributed by atoms with Crippen LogP contribution in [0.25, 0.3) is 0 Å². The highest BCUT2D eigenvalue weighted by Gasteiger charge is 2.07. The molecule has 0 aromatic rings. The molecule has 0 aromatic carbocycles. The van der Waals surface area contributed by atoms with Gasteiger partial charge in [-0.1, -0.05) is 5.23 Å². The van der Waals surface area contributed by atoms with Crippen molar-refractivity contribution in [1.82, 2.24) is 5.23 Å². The summed E-state index contributed by atoms with van der Waals surface area (Å²) in [5.74, 6) is -0.274. The Morgan fingerprint density at radius 3 is 2.15 bits per heavy atom. The van der Waals surface area contributed by atoms with E-state index in [0.717, 1.165) is 0 Å². The highest BCUT2D eigenvalue weighted by Crippen LogP contribution is 1.96. The number of nitrogens with zero attached hydrogens (tertiary/aromatic N) is 1. The molecule has 0 fully saturated rings. The van der Waals surface area contributed by atoms with Crippen molar-refractivity contribution in [1.29, 1.82) is 0 Å². The molecule has 0 aromatic heterocycles. The molecular weight excluding hydrogens is 174 g/mol. The summed E-state index contributed by atoms with van der Waals surface area (Å²) < 4.78 is 4.48. The molecule has 78 valence electrons. The Kier molecular flexibility index (Phi) is 7.57. The summed E-state index contributed by atoms with van der Waals surface area (Å²) in [6.07, 6.45) is 0.260.